The summed E-state index contributed by atoms with van der Waals surface area (Å²) in [5, 5.41) is 4.76. The average Bonchev–Trinajstić information content (AvgIpc) is 2.34. The Morgan fingerprint density at radius 2 is 1.82 bits per heavy atom. The lowest BCUT2D eigenvalue weighted by molar-refractivity contribution is 0.0606. The van der Waals surface area contributed by atoms with E-state index in [0.29, 0.717) is 16.1 Å². The van der Waals surface area contributed by atoms with Crippen molar-refractivity contribution in [2.24, 2.45) is 0 Å². The zero-order valence-corrected chi connectivity index (χ0v) is 11.4. The predicted octanol–water partition coefficient (Wildman–Crippen LogP) is 4.36. The van der Waals surface area contributed by atoms with Crippen LogP contribution < -0.4 is 5.32 Å². The number of ether oxygens (including phenoxy) is 1. The van der Waals surface area contributed by atoms with Crippen LogP contribution >= 0.6 is 23.2 Å². The van der Waals surface area contributed by atoms with Gasteiger partial charge in [0.1, 0.15) is 0 Å². The average molecular weight is 274 g/mol. The third kappa shape index (κ3) is 3.06. The number of hydrogen-bond donors (Lipinski definition) is 1. The van der Waals surface area contributed by atoms with Gasteiger partial charge in [-0.1, -0.05) is 42.1 Å². The summed E-state index contributed by atoms with van der Waals surface area (Å²) >= 11 is 12.3. The quantitative estimate of drug-likeness (QED) is 0.884. The molecule has 0 spiro atoms. The third-order valence-electron chi connectivity index (χ3n) is 3.30. The summed E-state index contributed by atoms with van der Waals surface area (Å²) in [5.74, 6) is 0. The van der Waals surface area contributed by atoms with Gasteiger partial charge in [0.2, 0.25) is 0 Å². The molecule has 0 heterocycles. The van der Waals surface area contributed by atoms with Gasteiger partial charge in [-0.15, -0.1) is 0 Å². The minimum atomic E-state index is 0.246. The van der Waals surface area contributed by atoms with Crippen LogP contribution in [-0.2, 0) is 4.74 Å². The van der Waals surface area contributed by atoms with Crippen LogP contribution in [-0.4, -0.2) is 19.3 Å². The van der Waals surface area contributed by atoms with Crippen LogP contribution in [0.5, 0.6) is 0 Å². The van der Waals surface area contributed by atoms with Gasteiger partial charge in [0, 0.05) is 7.11 Å². The lowest BCUT2D eigenvalue weighted by Crippen LogP contribution is -2.37. The maximum absolute atomic E-state index is 6.15. The summed E-state index contributed by atoms with van der Waals surface area (Å²) in [5.41, 5.74) is 0.824. The maximum atomic E-state index is 6.15. The van der Waals surface area contributed by atoms with Crippen molar-refractivity contribution in [2.75, 3.05) is 12.4 Å². The number of nitrogens with one attached hydrogen (secondary N) is 1. The Kier molecular flexibility index (Phi) is 4.55. The minimum absolute atomic E-state index is 0.246. The van der Waals surface area contributed by atoms with Gasteiger partial charge in [-0.05, 0) is 25.0 Å². The second-order valence-electron chi connectivity index (χ2n) is 4.41. The van der Waals surface area contributed by atoms with E-state index in [4.69, 9.17) is 27.9 Å². The molecule has 4 heteroatoms. The summed E-state index contributed by atoms with van der Waals surface area (Å²) in [6.07, 6.45) is 4.89. The van der Waals surface area contributed by atoms with E-state index in [2.05, 4.69) is 5.32 Å². The number of para-hydroxylation sites is 1. The van der Waals surface area contributed by atoms with E-state index in [-0.39, 0.29) is 6.10 Å². The maximum Gasteiger partial charge on any atom is 0.0772 e. The number of methoxy groups -OCH3 is 1. The standard InChI is InChI=1S/C13H17Cl2NO/c1-17-12-8-3-2-7-11(12)16-13-9(14)5-4-6-10(13)15/h4-6,11-12,16H,2-3,7-8H2,1H3. The first-order valence-electron chi connectivity index (χ1n) is 5.95. The molecule has 1 N–H and O–H groups in total. The Hall–Kier alpha value is -0.440. The molecule has 17 heavy (non-hydrogen) atoms. The molecule has 1 saturated carbocycles. The molecule has 1 aromatic rings. The molecule has 2 atom stereocenters. The largest absolute Gasteiger partial charge is 0.379 e. The lowest BCUT2D eigenvalue weighted by Gasteiger charge is -2.32. The highest BCUT2D eigenvalue weighted by atomic mass is 35.5. The predicted molar refractivity (Wildman–Crippen MR) is 73.1 cm³/mol. The number of hydrogen-bond acceptors (Lipinski definition) is 2. The normalized spacial score (nSPS) is 24.6. The summed E-state index contributed by atoms with van der Waals surface area (Å²) in [6, 6.07) is 5.84. The molecule has 0 aromatic heterocycles. The van der Waals surface area contributed by atoms with E-state index in [9.17, 15) is 0 Å². The van der Waals surface area contributed by atoms with Gasteiger partial charge in [-0.2, -0.15) is 0 Å². The van der Waals surface area contributed by atoms with Crippen LogP contribution in [0.25, 0.3) is 0 Å². The van der Waals surface area contributed by atoms with Gasteiger partial charge in [-0.3, -0.25) is 0 Å². The van der Waals surface area contributed by atoms with E-state index in [0.717, 1.165) is 18.5 Å². The van der Waals surface area contributed by atoms with Crippen LogP contribution in [0, 0.1) is 0 Å². The zero-order valence-electron chi connectivity index (χ0n) is 9.88. The first-order chi connectivity index (χ1) is 8.22. The molecule has 0 saturated heterocycles. The van der Waals surface area contributed by atoms with Crippen molar-refractivity contribution in [3.8, 4) is 0 Å². The van der Waals surface area contributed by atoms with Crippen molar-refractivity contribution in [3.05, 3.63) is 28.2 Å². The van der Waals surface area contributed by atoms with Crippen molar-refractivity contribution < 1.29 is 4.74 Å². The van der Waals surface area contributed by atoms with E-state index in [1.54, 1.807) is 7.11 Å². The summed E-state index contributed by atoms with van der Waals surface area (Å²) in [7, 11) is 1.76. The molecule has 0 bridgehead atoms. The second kappa shape index (κ2) is 5.94. The lowest BCUT2D eigenvalue weighted by atomic mass is 9.92. The van der Waals surface area contributed by atoms with Gasteiger partial charge in [-0.25, -0.2) is 0 Å². The molecular formula is C13H17Cl2NO. The van der Waals surface area contributed by atoms with Crippen LogP contribution in [0.1, 0.15) is 25.7 Å². The second-order valence-corrected chi connectivity index (χ2v) is 5.22. The fourth-order valence-corrected chi connectivity index (χ4v) is 2.87. The van der Waals surface area contributed by atoms with E-state index >= 15 is 0 Å². The molecule has 2 unspecified atom stereocenters. The van der Waals surface area contributed by atoms with Crippen molar-refractivity contribution in [2.45, 2.75) is 37.8 Å². The Balaban J connectivity index is 2.13. The molecule has 2 rings (SSSR count). The van der Waals surface area contributed by atoms with E-state index < -0.39 is 0 Å². The summed E-state index contributed by atoms with van der Waals surface area (Å²) in [4.78, 5) is 0. The fourth-order valence-electron chi connectivity index (χ4n) is 2.37. The zero-order chi connectivity index (χ0) is 12.3. The number of rotatable bonds is 3. The first-order valence-corrected chi connectivity index (χ1v) is 6.71. The smallest absolute Gasteiger partial charge is 0.0772 e. The van der Waals surface area contributed by atoms with Crippen LogP contribution in [0.15, 0.2) is 18.2 Å². The van der Waals surface area contributed by atoms with E-state index in [1.165, 1.54) is 12.8 Å². The van der Waals surface area contributed by atoms with Gasteiger partial charge < -0.3 is 10.1 Å². The van der Waals surface area contributed by atoms with Gasteiger partial charge in [0.25, 0.3) is 0 Å². The molecule has 2 nitrogen and oxygen atoms in total. The SMILES string of the molecule is COC1CCCCC1Nc1c(Cl)cccc1Cl. The van der Waals surface area contributed by atoms with Gasteiger partial charge >= 0.3 is 0 Å². The van der Waals surface area contributed by atoms with Crippen molar-refractivity contribution in [1.82, 2.24) is 0 Å². The molecule has 94 valence electrons. The molecule has 1 aliphatic rings. The fraction of sp³-hybridized carbons (Fsp3) is 0.538. The molecule has 1 fully saturated rings. The molecule has 1 aliphatic carbocycles. The third-order valence-corrected chi connectivity index (χ3v) is 3.93. The number of halogens is 2. The molecule has 0 radical (unpaired) electrons. The molecule has 1 aromatic carbocycles. The topological polar surface area (TPSA) is 21.3 Å². The molecule has 0 amide bonds. The first kappa shape index (κ1) is 13.0. The van der Waals surface area contributed by atoms with Crippen molar-refractivity contribution >= 4 is 28.9 Å². The van der Waals surface area contributed by atoms with Gasteiger partial charge in [0.15, 0.2) is 0 Å². The monoisotopic (exact) mass is 273 g/mol. The highest BCUT2D eigenvalue weighted by Crippen LogP contribution is 2.33. The summed E-state index contributed by atoms with van der Waals surface area (Å²) < 4.78 is 5.51. The Labute approximate surface area is 112 Å². The van der Waals surface area contributed by atoms with Crippen molar-refractivity contribution in [3.63, 3.8) is 0 Å². The van der Waals surface area contributed by atoms with E-state index in [1.807, 2.05) is 18.2 Å². The van der Waals surface area contributed by atoms with Crippen LogP contribution in [0.3, 0.4) is 0 Å². The molecule has 0 aliphatic heterocycles. The van der Waals surface area contributed by atoms with Crippen molar-refractivity contribution in [1.29, 1.82) is 0 Å². The minimum Gasteiger partial charge on any atom is -0.379 e. The van der Waals surface area contributed by atoms with Gasteiger partial charge in [0.05, 0.1) is 27.9 Å². The van der Waals surface area contributed by atoms with Crippen LogP contribution in [0.4, 0.5) is 5.69 Å². The van der Waals surface area contributed by atoms with Crippen LogP contribution in [0.2, 0.25) is 10.0 Å². The Morgan fingerprint density at radius 1 is 1.18 bits per heavy atom. The Morgan fingerprint density at radius 3 is 2.47 bits per heavy atom. The highest BCUT2D eigenvalue weighted by molar-refractivity contribution is 6.39. The number of benzene rings is 1. The summed E-state index contributed by atoms with van der Waals surface area (Å²) in [6.45, 7) is 0. The Bertz CT molecular complexity index is 363. The molecular weight excluding hydrogens is 257 g/mol. The highest BCUT2D eigenvalue weighted by Gasteiger charge is 2.25. The number of anilines is 1.